The van der Waals surface area contributed by atoms with E-state index in [1.165, 1.54) is 6.20 Å². The Kier molecular flexibility index (Phi) is 6.11. The molecule has 3 aromatic heterocycles. The van der Waals surface area contributed by atoms with E-state index >= 15 is 0 Å². The molecule has 0 aliphatic carbocycles. The predicted octanol–water partition coefficient (Wildman–Crippen LogP) is 7.11. The maximum atomic E-state index is 12.7. The Labute approximate surface area is 190 Å². The van der Waals surface area contributed by atoms with E-state index in [9.17, 15) is 13.2 Å². The molecule has 4 nitrogen and oxygen atoms in total. The molecule has 3 N–H and O–H groups in total. The van der Waals surface area contributed by atoms with Gasteiger partial charge in [-0.1, -0.05) is 12.1 Å². The molecule has 9 heteroatoms. The van der Waals surface area contributed by atoms with Gasteiger partial charge < -0.3 is 5.73 Å². The first kappa shape index (κ1) is 21.8. The van der Waals surface area contributed by atoms with Gasteiger partial charge in [-0.25, -0.2) is 0 Å². The van der Waals surface area contributed by atoms with E-state index in [4.69, 9.17) is 11.1 Å². The molecule has 0 saturated carbocycles. The minimum absolute atomic E-state index is 0.109. The molecule has 1 aromatic carbocycles. The summed E-state index contributed by atoms with van der Waals surface area (Å²) in [6.07, 6.45) is -2.64. The van der Waals surface area contributed by atoms with E-state index in [0.717, 1.165) is 26.8 Å². The van der Waals surface area contributed by atoms with E-state index in [0.29, 0.717) is 6.08 Å². The summed E-state index contributed by atoms with van der Waals surface area (Å²) in [5.74, 6) is 0. The van der Waals surface area contributed by atoms with Crippen LogP contribution >= 0.6 is 22.7 Å². The molecule has 0 unspecified atom stereocenters. The van der Waals surface area contributed by atoms with Crippen molar-refractivity contribution in [3.63, 3.8) is 0 Å². The van der Waals surface area contributed by atoms with Gasteiger partial charge >= 0.3 is 6.18 Å². The Hall–Kier alpha value is -3.43. The molecule has 0 aliphatic heterocycles. The summed E-state index contributed by atoms with van der Waals surface area (Å²) in [7, 11) is 0. The Morgan fingerprint density at radius 2 is 1.56 bits per heavy atom. The van der Waals surface area contributed by atoms with E-state index in [1.807, 2.05) is 47.2 Å². The van der Waals surface area contributed by atoms with Crippen LogP contribution in [0.1, 0.15) is 5.69 Å². The normalized spacial score (nSPS) is 12.0. The molecule has 0 spiro atoms. The maximum absolute atomic E-state index is 12.7. The summed E-state index contributed by atoms with van der Waals surface area (Å²) < 4.78 is 38.0. The number of nitrogens with two attached hydrogens (primary N) is 1. The van der Waals surface area contributed by atoms with Crippen molar-refractivity contribution in [1.82, 2.24) is 4.98 Å². The highest BCUT2D eigenvalue weighted by atomic mass is 32.1. The van der Waals surface area contributed by atoms with Crippen molar-refractivity contribution in [3.05, 3.63) is 95.1 Å². The number of anilines is 3. The summed E-state index contributed by atoms with van der Waals surface area (Å²) >= 11 is 3.28. The first-order chi connectivity index (χ1) is 15.3. The number of alkyl halides is 3. The first-order valence-corrected chi connectivity index (χ1v) is 11.2. The van der Waals surface area contributed by atoms with Gasteiger partial charge in [0.2, 0.25) is 0 Å². The van der Waals surface area contributed by atoms with Crippen LogP contribution in [-0.2, 0) is 0 Å². The number of nitrogens with zero attached hydrogens (tertiary/aromatic N) is 2. The van der Waals surface area contributed by atoms with Crippen LogP contribution in [0.2, 0.25) is 0 Å². The zero-order valence-electron chi connectivity index (χ0n) is 16.5. The topological polar surface area (TPSA) is 66.0 Å². The predicted molar refractivity (Wildman–Crippen MR) is 125 cm³/mol. The third-order valence-electron chi connectivity index (χ3n) is 4.57. The van der Waals surface area contributed by atoms with Gasteiger partial charge in [0.25, 0.3) is 0 Å². The first-order valence-electron chi connectivity index (χ1n) is 9.40. The van der Waals surface area contributed by atoms with Gasteiger partial charge in [0.1, 0.15) is 15.7 Å². The van der Waals surface area contributed by atoms with E-state index < -0.39 is 17.6 Å². The highest BCUT2D eigenvalue weighted by Gasteiger charge is 2.31. The number of aromatic nitrogens is 1. The van der Waals surface area contributed by atoms with Crippen LogP contribution in [0.4, 0.5) is 28.9 Å². The number of pyridine rings is 1. The van der Waals surface area contributed by atoms with E-state index in [2.05, 4.69) is 22.0 Å². The van der Waals surface area contributed by atoms with Gasteiger partial charge in [0, 0.05) is 11.9 Å². The van der Waals surface area contributed by atoms with Crippen molar-refractivity contribution in [2.45, 2.75) is 6.18 Å². The lowest BCUT2D eigenvalue weighted by Crippen LogP contribution is -2.20. The van der Waals surface area contributed by atoms with Gasteiger partial charge in [-0.05, 0) is 76.5 Å². The number of hydrogen-bond acceptors (Lipinski definition) is 6. The smallest absolute Gasteiger partial charge is 0.395 e. The van der Waals surface area contributed by atoms with Crippen LogP contribution in [0, 0.1) is 5.41 Å². The van der Waals surface area contributed by atoms with Crippen LogP contribution in [0.5, 0.6) is 0 Å². The molecule has 0 fully saturated rings. The lowest BCUT2D eigenvalue weighted by atomic mass is 10.0. The molecule has 0 aliphatic rings. The maximum Gasteiger partial charge on any atom is 0.430 e. The van der Waals surface area contributed by atoms with Crippen LogP contribution in [0.25, 0.3) is 11.1 Å². The van der Waals surface area contributed by atoms with Crippen LogP contribution in [-0.4, -0.2) is 16.9 Å². The molecular formula is C23H17F3N4S2. The molecular weight excluding hydrogens is 453 g/mol. The Morgan fingerprint density at radius 3 is 2.09 bits per heavy atom. The number of nitrogens with one attached hydrogen (secondary N) is 1. The SMILES string of the molecule is N=C(C=C(N)C(F)(F)F)c1cc(-c2ccc(N(c3cccs3)c3cccs3)cc2)ccn1. The molecule has 0 saturated heterocycles. The standard InChI is InChI=1S/C23H17F3N4S2/c24-23(25,26)20(28)14-18(27)19-13-16(9-10-29-19)15-5-7-17(8-6-15)30(21-3-1-11-31-21)22-4-2-12-32-22/h1-14,27H,28H2. The minimum Gasteiger partial charge on any atom is -0.395 e. The molecule has 4 rings (SSSR count). The monoisotopic (exact) mass is 470 g/mol. The fraction of sp³-hybridized carbons (Fsp3) is 0.0435. The number of thiophene rings is 2. The van der Waals surface area contributed by atoms with E-state index in [-0.39, 0.29) is 5.69 Å². The average molecular weight is 471 g/mol. The average Bonchev–Trinajstić information content (AvgIpc) is 3.49. The Morgan fingerprint density at radius 1 is 0.938 bits per heavy atom. The highest BCUT2D eigenvalue weighted by molar-refractivity contribution is 7.16. The number of benzene rings is 1. The second-order valence-electron chi connectivity index (χ2n) is 6.73. The zero-order valence-corrected chi connectivity index (χ0v) is 18.1. The molecule has 32 heavy (non-hydrogen) atoms. The van der Waals surface area contributed by atoms with Crippen molar-refractivity contribution in [3.8, 4) is 11.1 Å². The molecule has 4 aromatic rings. The van der Waals surface area contributed by atoms with Crippen LogP contribution in [0.15, 0.2) is 89.4 Å². The number of rotatable bonds is 6. The second kappa shape index (κ2) is 8.97. The Bertz CT molecular complexity index is 1200. The fourth-order valence-corrected chi connectivity index (χ4v) is 4.61. The Balaban J connectivity index is 1.62. The molecule has 0 atom stereocenters. The van der Waals surface area contributed by atoms with Gasteiger partial charge in [-0.15, -0.1) is 22.7 Å². The summed E-state index contributed by atoms with van der Waals surface area (Å²) in [4.78, 5) is 6.18. The molecule has 0 radical (unpaired) electrons. The highest BCUT2D eigenvalue weighted by Crippen LogP contribution is 2.40. The number of hydrogen-bond donors (Lipinski definition) is 2. The molecule has 3 heterocycles. The van der Waals surface area contributed by atoms with E-state index in [1.54, 1.807) is 34.8 Å². The minimum atomic E-state index is -4.68. The molecule has 0 bridgehead atoms. The van der Waals surface area contributed by atoms with Gasteiger partial charge in [-0.2, -0.15) is 13.2 Å². The second-order valence-corrected chi connectivity index (χ2v) is 8.58. The van der Waals surface area contributed by atoms with Gasteiger partial charge in [0.05, 0.1) is 11.4 Å². The summed E-state index contributed by atoms with van der Waals surface area (Å²) in [6.45, 7) is 0. The quantitative estimate of drug-likeness (QED) is 0.295. The third-order valence-corrected chi connectivity index (χ3v) is 6.28. The van der Waals surface area contributed by atoms with Crippen LogP contribution < -0.4 is 10.6 Å². The van der Waals surface area contributed by atoms with Crippen molar-refractivity contribution in [2.24, 2.45) is 5.73 Å². The van der Waals surface area contributed by atoms with Gasteiger partial charge in [0.15, 0.2) is 0 Å². The third kappa shape index (κ3) is 4.74. The summed E-state index contributed by atoms with van der Waals surface area (Å²) in [5, 5.41) is 14.2. The van der Waals surface area contributed by atoms with Crippen LogP contribution in [0.3, 0.4) is 0 Å². The fourth-order valence-electron chi connectivity index (χ4n) is 3.03. The van der Waals surface area contributed by atoms with Crippen molar-refractivity contribution in [2.75, 3.05) is 4.90 Å². The number of halogens is 3. The zero-order chi connectivity index (χ0) is 22.7. The number of allylic oxidation sites excluding steroid dienone is 2. The van der Waals surface area contributed by atoms with Crippen molar-refractivity contribution < 1.29 is 13.2 Å². The van der Waals surface area contributed by atoms with Crippen molar-refractivity contribution >= 4 is 44.1 Å². The van der Waals surface area contributed by atoms with Gasteiger partial charge in [-0.3, -0.25) is 15.3 Å². The molecule has 162 valence electrons. The summed E-state index contributed by atoms with van der Waals surface area (Å²) in [6, 6.07) is 19.3. The summed E-state index contributed by atoms with van der Waals surface area (Å²) in [5.41, 5.74) is 5.99. The molecule has 0 amide bonds. The largest absolute Gasteiger partial charge is 0.430 e. The lowest BCUT2D eigenvalue weighted by Gasteiger charge is -2.21. The van der Waals surface area contributed by atoms with Crippen molar-refractivity contribution in [1.29, 1.82) is 5.41 Å². The lowest BCUT2D eigenvalue weighted by molar-refractivity contribution is -0.0925.